The molecule has 0 fully saturated rings. The van der Waals surface area contributed by atoms with Gasteiger partial charge in [-0.1, -0.05) is 6.07 Å². The van der Waals surface area contributed by atoms with Gasteiger partial charge >= 0.3 is 0 Å². The summed E-state index contributed by atoms with van der Waals surface area (Å²) in [6.07, 6.45) is 7.29. The van der Waals surface area contributed by atoms with Crippen molar-refractivity contribution in [1.82, 2.24) is 10.3 Å². The van der Waals surface area contributed by atoms with Crippen LogP contribution in [0, 0.1) is 0 Å². The summed E-state index contributed by atoms with van der Waals surface area (Å²) in [6.45, 7) is 0.879. The molecule has 0 aliphatic heterocycles. The van der Waals surface area contributed by atoms with Gasteiger partial charge in [-0.15, -0.1) is 0 Å². The van der Waals surface area contributed by atoms with Crippen molar-refractivity contribution in [1.29, 1.82) is 0 Å². The van der Waals surface area contributed by atoms with Crippen LogP contribution in [0.15, 0.2) is 42.7 Å². The molecule has 3 rings (SSSR count). The Hall–Kier alpha value is -1.87. The fraction of sp³-hybridized carbons (Fsp3) is 0.353. The zero-order chi connectivity index (χ0) is 13.8. The molecule has 20 heavy (non-hydrogen) atoms. The zero-order valence-corrected chi connectivity index (χ0v) is 11.8. The van der Waals surface area contributed by atoms with E-state index in [0.29, 0.717) is 6.04 Å². The number of hydrogen-bond donors (Lipinski definition) is 1. The Morgan fingerprint density at radius 3 is 2.90 bits per heavy atom. The number of nitrogens with zero attached hydrogens (tertiary/aromatic N) is 1. The van der Waals surface area contributed by atoms with Crippen molar-refractivity contribution in [3.05, 3.63) is 59.4 Å². The molecule has 0 saturated heterocycles. The summed E-state index contributed by atoms with van der Waals surface area (Å²) in [5.74, 6) is 0.946. The van der Waals surface area contributed by atoms with Crippen LogP contribution in [0.2, 0.25) is 0 Å². The first kappa shape index (κ1) is 13.1. The number of pyridine rings is 1. The highest BCUT2D eigenvalue weighted by atomic mass is 16.5. The summed E-state index contributed by atoms with van der Waals surface area (Å²) in [7, 11) is 1.73. The third kappa shape index (κ3) is 2.83. The van der Waals surface area contributed by atoms with Crippen molar-refractivity contribution in [2.24, 2.45) is 0 Å². The molecule has 1 aliphatic rings. The molecule has 104 valence electrons. The van der Waals surface area contributed by atoms with Gasteiger partial charge in [-0.25, -0.2) is 0 Å². The quantitative estimate of drug-likeness (QED) is 0.924. The fourth-order valence-corrected chi connectivity index (χ4v) is 2.86. The van der Waals surface area contributed by atoms with E-state index < -0.39 is 0 Å². The molecule has 1 unspecified atom stereocenters. The minimum absolute atomic E-state index is 0.419. The van der Waals surface area contributed by atoms with E-state index in [-0.39, 0.29) is 0 Å². The molecule has 0 bridgehead atoms. The first-order valence-electron chi connectivity index (χ1n) is 7.16. The van der Waals surface area contributed by atoms with Gasteiger partial charge in [0.2, 0.25) is 0 Å². The third-order valence-corrected chi connectivity index (χ3v) is 3.97. The molecule has 1 aliphatic carbocycles. The number of hydrogen-bond acceptors (Lipinski definition) is 3. The lowest BCUT2D eigenvalue weighted by Gasteiger charge is -2.27. The number of nitrogens with one attached hydrogen (secondary N) is 1. The smallest absolute Gasteiger partial charge is 0.119 e. The predicted molar refractivity (Wildman–Crippen MR) is 79.7 cm³/mol. The van der Waals surface area contributed by atoms with Gasteiger partial charge in [0.25, 0.3) is 0 Å². The van der Waals surface area contributed by atoms with E-state index in [2.05, 4.69) is 40.6 Å². The average molecular weight is 268 g/mol. The van der Waals surface area contributed by atoms with Crippen molar-refractivity contribution in [2.75, 3.05) is 7.11 Å². The molecule has 0 spiro atoms. The molecule has 1 N–H and O–H groups in total. The summed E-state index contributed by atoms with van der Waals surface area (Å²) in [5.41, 5.74) is 4.11. The number of methoxy groups -OCH3 is 1. The van der Waals surface area contributed by atoms with Crippen LogP contribution in [0.5, 0.6) is 5.75 Å². The Kier molecular flexibility index (Phi) is 3.97. The van der Waals surface area contributed by atoms with Crippen LogP contribution in [0.4, 0.5) is 0 Å². The molecule has 3 nitrogen and oxygen atoms in total. The maximum absolute atomic E-state index is 5.36. The van der Waals surface area contributed by atoms with Crippen LogP contribution in [0.1, 0.15) is 35.6 Å². The number of ether oxygens (including phenoxy) is 1. The van der Waals surface area contributed by atoms with Gasteiger partial charge in [-0.3, -0.25) is 4.98 Å². The lowest BCUT2D eigenvalue weighted by atomic mass is 9.87. The average Bonchev–Trinajstić information content (AvgIpc) is 2.53. The summed E-state index contributed by atoms with van der Waals surface area (Å²) in [5, 5.41) is 3.66. The van der Waals surface area contributed by atoms with E-state index in [4.69, 9.17) is 4.74 Å². The summed E-state index contributed by atoms with van der Waals surface area (Å²) in [6, 6.07) is 11.0. The van der Waals surface area contributed by atoms with Crippen LogP contribution in [0.3, 0.4) is 0 Å². The van der Waals surface area contributed by atoms with Crippen LogP contribution in [-0.4, -0.2) is 12.1 Å². The molecular formula is C17H20N2O. The zero-order valence-electron chi connectivity index (χ0n) is 11.8. The van der Waals surface area contributed by atoms with Gasteiger partial charge < -0.3 is 10.1 Å². The minimum Gasteiger partial charge on any atom is -0.497 e. The van der Waals surface area contributed by atoms with Gasteiger partial charge in [0.05, 0.1) is 7.11 Å². The SMILES string of the molecule is COc1ccc2c(c1)C(NCc1ccncc1)CCC2. The third-order valence-electron chi connectivity index (χ3n) is 3.97. The Bertz CT molecular complexity index is 568. The van der Waals surface area contributed by atoms with Crippen molar-refractivity contribution in [3.63, 3.8) is 0 Å². The molecule has 0 amide bonds. The number of fused-ring (bicyclic) bond motifs is 1. The Morgan fingerprint density at radius 2 is 2.10 bits per heavy atom. The molecule has 1 aromatic carbocycles. The van der Waals surface area contributed by atoms with Crippen LogP contribution in [0.25, 0.3) is 0 Å². The molecule has 1 heterocycles. The number of aryl methyl sites for hydroxylation is 1. The van der Waals surface area contributed by atoms with E-state index >= 15 is 0 Å². The maximum Gasteiger partial charge on any atom is 0.119 e. The second-order valence-electron chi connectivity index (χ2n) is 5.25. The molecular weight excluding hydrogens is 248 g/mol. The number of aromatic nitrogens is 1. The molecule has 0 radical (unpaired) electrons. The van der Waals surface area contributed by atoms with Crippen LogP contribution < -0.4 is 10.1 Å². The summed E-state index contributed by atoms with van der Waals surface area (Å²) >= 11 is 0. The standard InChI is InChI=1S/C17H20N2O/c1-20-15-6-5-14-3-2-4-17(16(14)11-15)19-12-13-7-9-18-10-8-13/h5-11,17,19H,2-4,12H2,1H3. The highest BCUT2D eigenvalue weighted by Gasteiger charge is 2.20. The van der Waals surface area contributed by atoms with Gasteiger partial charge in [0.15, 0.2) is 0 Å². The lowest BCUT2D eigenvalue weighted by molar-refractivity contribution is 0.408. The minimum atomic E-state index is 0.419. The molecule has 0 saturated carbocycles. The largest absolute Gasteiger partial charge is 0.497 e. The van der Waals surface area contributed by atoms with Gasteiger partial charge in [-0.05, 0) is 60.2 Å². The number of benzene rings is 1. The molecule has 1 atom stereocenters. The van der Waals surface area contributed by atoms with Crippen molar-refractivity contribution >= 4 is 0 Å². The van der Waals surface area contributed by atoms with E-state index in [1.165, 1.54) is 36.0 Å². The maximum atomic E-state index is 5.36. The molecule has 2 aromatic rings. The van der Waals surface area contributed by atoms with Crippen molar-refractivity contribution < 1.29 is 4.74 Å². The summed E-state index contributed by atoms with van der Waals surface area (Å²) < 4.78 is 5.36. The second-order valence-corrected chi connectivity index (χ2v) is 5.25. The first-order chi connectivity index (χ1) is 9.86. The monoisotopic (exact) mass is 268 g/mol. The highest BCUT2D eigenvalue weighted by molar-refractivity contribution is 5.39. The first-order valence-corrected chi connectivity index (χ1v) is 7.16. The normalized spacial score (nSPS) is 17.6. The van der Waals surface area contributed by atoms with E-state index in [1.54, 1.807) is 7.11 Å². The Labute approximate surface area is 120 Å². The highest BCUT2D eigenvalue weighted by Crippen LogP contribution is 2.32. The van der Waals surface area contributed by atoms with Crippen molar-refractivity contribution in [3.8, 4) is 5.75 Å². The van der Waals surface area contributed by atoms with Crippen LogP contribution in [-0.2, 0) is 13.0 Å². The van der Waals surface area contributed by atoms with Gasteiger partial charge in [0, 0.05) is 25.0 Å². The number of rotatable bonds is 4. The molecule has 3 heteroatoms. The fourth-order valence-electron chi connectivity index (χ4n) is 2.86. The predicted octanol–water partition coefficient (Wildman–Crippen LogP) is 3.26. The second kappa shape index (κ2) is 6.06. The van der Waals surface area contributed by atoms with Crippen molar-refractivity contribution in [2.45, 2.75) is 31.8 Å². The van der Waals surface area contributed by atoms with Gasteiger partial charge in [0.1, 0.15) is 5.75 Å². The topological polar surface area (TPSA) is 34.1 Å². The van der Waals surface area contributed by atoms with E-state index in [9.17, 15) is 0 Å². The summed E-state index contributed by atoms with van der Waals surface area (Å²) in [4.78, 5) is 4.05. The van der Waals surface area contributed by atoms with E-state index in [1.807, 2.05) is 12.4 Å². The molecule has 1 aromatic heterocycles. The van der Waals surface area contributed by atoms with Crippen LogP contribution >= 0.6 is 0 Å². The lowest BCUT2D eigenvalue weighted by Crippen LogP contribution is -2.24. The Balaban J connectivity index is 1.75. The van der Waals surface area contributed by atoms with E-state index in [0.717, 1.165) is 12.3 Å². The Morgan fingerprint density at radius 1 is 1.25 bits per heavy atom. The van der Waals surface area contributed by atoms with Gasteiger partial charge in [-0.2, -0.15) is 0 Å².